The Morgan fingerprint density at radius 2 is 1.73 bits per heavy atom. The molecule has 0 aliphatic rings. The molecule has 5 nitrogen and oxygen atoms in total. The zero-order chi connectivity index (χ0) is 18.4. The van der Waals surface area contributed by atoms with Gasteiger partial charge in [-0.25, -0.2) is 4.98 Å². The van der Waals surface area contributed by atoms with Crippen molar-refractivity contribution in [3.63, 3.8) is 0 Å². The summed E-state index contributed by atoms with van der Waals surface area (Å²) in [6.45, 7) is 1.95. The summed E-state index contributed by atoms with van der Waals surface area (Å²) in [5, 5.41) is 6.20. The maximum absolute atomic E-state index is 12.4. The van der Waals surface area contributed by atoms with E-state index in [0.29, 0.717) is 5.69 Å². The van der Waals surface area contributed by atoms with Crippen LogP contribution >= 0.6 is 0 Å². The molecule has 5 heteroatoms. The molecule has 132 valence electrons. The number of nitrogens with one attached hydrogen (secondary N) is 2. The lowest BCUT2D eigenvalue weighted by Gasteiger charge is -2.14. The van der Waals surface area contributed by atoms with Crippen molar-refractivity contribution >= 4 is 17.3 Å². The second-order valence-electron chi connectivity index (χ2n) is 5.86. The number of anilines is 2. The van der Waals surface area contributed by atoms with E-state index < -0.39 is 0 Å². The predicted molar refractivity (Wildman–Crippen MR) is 103 cm³/mol. The lowest BCUT2D eigenvalue weighted by Crippen LogP contribution is -2.27. The van der Waals surface area contributed by atoms with Gasteiger partial charge in [0.05, 0.1) is 30.7 Å². The molecule has 1 amide bonds. The van der Waals surface area contributed by atoms with Gasteiger partial charge >= 0.3 is 0 Å². The number of carbonyl (C=O) groups is 1. The summed E-state index contributed by atoms with van der Waals surface area (Å²) >= 11 is 0. The van der Waals surface area contributed by atoms with E-state index in [2.05, 4.69) is 15.6 Å². The van der Waals surface area contributed by atoms with Crippen LogP contribution in [0, 0.1) is 0 Å². The molecule has 1 heterocycles. The Morgan fingerprint density at radius 1 is 1.00 bits per heavy atom. The Balaban J connectivity index is 1.66. The monoisotopic (exact) mass is 347 g/mol. The van der Waals surface area contributed by atoms with Crippen LogP contribution in [-0.4, -0.2) is 18.0 Å². The molecular formula is C21H21N3O2. The van der Waals surface area contributed by atoms with Crippen LogP contribution < -0.4 is 15.4 Å². The largest absolute Gasteiger partial charge is 0.495 e. The second-order valence-corrected chi connectivity index (χ2v) is 5.86. The first-order valence-corrected chi connectivity index (χ1v) is 8.39. The summed E-state index contributed by atoms with van der Waals surface area (Å²) in [5.74, 6) is 0.538. The molecule has 1 unspecified atom stereocenters. The lowest BCUT2D eigenvalue weighted by atomic mass is 10.1. The lowest BCUT2D eigenvalue weighted by molar-refractivity contribution is 0.0935. The minimum Gasteiger partial charge on any atom is -0.495 e. The maximum Gasteiger partial charge on any atom is 0.270 e. The SMILES string of the molecule is COc1ccccc1Nc1ccc(C(=O)NC(C)c2ccccc2)nc1. The van der Waals surface area contributed by atoms with Crippen LogP contribution in [0.5, 0.6) is 5.75 Å². The topological polar surface area (TPSA) is 63.2 Å². The molecule has 0 saturated heterocycles. The van der Waals surface area contributed by atoms with Crippen LogP contribution in [0.2, 0.25) is 0 Å². The van der Waals surface area contributed by atoms with Gasteiger partial charge in [-0.1, -0.05) is 42.5 Å². The van der Waals surface area contributed by atoms with E-state index in [1.54, 1.807) is 19.4 Å². The van der Waals surface area contributed by atoms with E-state index in [9.17, 15) is 4.79 Å². The van der Waals surface area contributed by atoms with Crippen molar-refractivity contribution in [3.8, 4) is 5.75 Å². The minimum atomic E-state index is -0.204. The van der Waals surface area contributed by atoms with Crippen molar-refractivity contribution in [3.05, 3.63) is 84.2 Å². The van der Waals surface area contributed by atoms with E-state index in [1.807, 2.05) is 67.6 Å². The summed E-state index contributed by atoms with van der Waals surface area (Å²) < 4.78 is 5.32. The highest BCUT2D eigenvalue weighted by atomic mass is 16.5. The summed E-state index contributed by atoms with van der Waals surface area (Å²) in [6.07, 6.45) is 1.63. The Kier molecular flexibility index (Phi) is 5.49. The molecule has 0 fully saturated rings. The molecule has 0 aliphatic carbocycles. The summed E-state index contributed by atoms with van der Waals surface area (Å²) in [5.41, 5.74) is 3.04. The Hall–Kier alpha value is -3.34. The fourth-order valence-corrected chi connectivity index (χ4v) is 2.60. The minimum absolute atomic E-state index is 0.0862. The number of nitrogens with zero attached hydrogens (tertiary/aromatic N) is 1. The van der Waals surface area contributed by atoms with Gasteiger partial charge in [-0.2, -0.15) is 0 Å². The number of pyridine rings is 1. The van der Waals surface area contributed by atoms with E-state index in [1.165, 1.54) is 0 Å². The molecular weight excluding hydrogens is 326 g/mol. The number of methoxy groups -OCH3 is 1. The van der Waals surface area contributed by atoms with Crippen molar-refractivity contribution in [2.45, 2.75) is 13.0 Å². The number of hydrogen-bond acceptors (Lipinski definition) is 4. The molecule has 3 aromatic rings. The molecule has 2 aromatic carbocycles. The summed E-state index contributed by atoms with van der Waals surface area (Å²) in [4.78, 5) is 16.6. The van der Waals surface area contributed by atoms with E-state index >= 15 is 0 Å². The number of ether oxygens (including phenoxy) is 1. The van der Waals surface area contributed by atoms with Gasteiger partial charge in [-0.3, -0.25) is 4.79 Å². The van der Waals surface area contributed by atoms with E-state index in [0.717, 1.165) is 22.7 Å². The maximum atomic E-state index is 12.4. The zero-order valence-electron chi connectivity index (χ0n) is 14.8. The Bertz CT molecular complexity index is 864. The smallest absolute Gasteiger partial charge is 0.270 e. The third-order valence-corrected chi connectivity index (χ3v) is 4.03. The van der Waals surface area contributed by atoms with E-state index in [-0.39, 0.29) is 11.9 Å². The molecule has 0 radical (unpaired) electrons. The van der Waals surface area contributed by atoms with Crippen LogP contribution in [-0.2, 0) is 0 Å². The molecule has 2 N–H and O–H groups in total. The first kappa shape index (κ1) is 17.5. The number of carbonyl (C=O) groups excluding carboxylic acids is 1. The number of para-hydroxylation sites is 2. The summed E-state index contributed by atoms with van der Waals surface area (Å²) in [7, 11) is 1.63. The molecule has 0 saturated carbocycles. The fraction of sp³-hybridized carbons (Fsp3) is 0.143. The van der Waals surface area contributed by atoms with Gasteiger partial charge in [0.2, 0.25) is 0 Å². The molecule has 0 spiro atoms. The Labute approximate surface area is 153 Å². The van der Waals surface area contributed by atoms with Crippen molar-refractivity contribution < 1.29 is 9.53 Å². The Morgan fingerprint density at radius 3 is 2.42 bits per heavy atom. The van der Waals surface area contributed by atoms with Crippen LogP contribution in [0.4, 0.5) is 11.4 Å². The predicted octanol–water partition coefficient (Wildman–Crippen LogP) is 4.32. The zero-order valence-corrected chi connectivity index (χ0v) is 14.8. The van der Waals surface area contributed by atoms with E-state index in [4.69, 9.17) is 4.74 Å². The van der Waals surface area contributed by atoms with Crippen molar-refractivity contribution in [1.82, 2.24) is 10.3 Å². The van der Waals surface area contributed by atoms with Crippen molar-refractivity contribution in [2.24, 2.45) is 0 Å². The van der Waals surface area contributed by atoms with Gasteiger partial charge in [-0.05, 0) is 36.8 Å². The van der Waals surface area contributed by atoms with Crippen LogP contribution in [0.1, 0.15) is 29.0 Å². The first-order valence-electron chi connectivity index (χ1n) is 8.39. The highest BCUT2D eigenvalue weighted by molar-refractivity contribution is 5.92. The van der Waals surface area contributed by atoms with Crippen LogP contribution in [0.25, 0.3) is 0 Å². The molecule has 26 heavy (non-hydrogen) atoms. The number of amides is 1. The first-order chi connectivity index (χ1) is 12.7. The van der Waals surface area contributed by atoms with Gasteiger partial charge in [0.15, 0.2) is 0 Å². The van der Waals surface area contributed by atoms with Gasteiger partial charge in [0, 0.05) is 0 Å². The second kappa shape index (κ2) is 8.16. The average Bonchev–Trinajstić information content (AvgIpc) is 2.69. The normalized spacial score (nSPS) is 11.5. The standard InChI is InChI=1S/C21H21N3O2/c1-15(16-8-4-3-5-9-16)23-21(25)19-13-12-17(14-22-19)24-18-10-6-7-11-20(18)26-2/h3-15,24H,1-2H3,(H,23,25). The van der Waals surface area contributed by atoms with Crippen molar-refractivity contribution in [1.29, 1.82) is 0 Å². The fourth-order valence-electron chi connectivity index (χ4n) is 2.60. The average molecular weight is 347 g/mol. The third-order valence-electron chi connectivity index (χ3n) is 4.03. The number of benzene rings is 2. The third kappa shape index (κ3) is 4.19. The quantitative estimate of drug-likeness (QED) is 0.697. The van der Waals surface area contributed by atoms with Gasteiger partial charge in [0.25, 0.3) is 5.91 Å². The molecule has 1 aromatic heterocycles. The molecule has 1 atom stereocenters. The highest BCUT2D eigenvalue weighted by Gasteiger charge is 2.12. The van der Waals surface area contributed by atoms with Gasteiger partial charge in [-0.15, -0.1) is 0 Å². The van der Waals surface area contributed by atoms with Gasteiger partial charge in [0.1, 0.15) is 11.4 Å². The highest BCUT2D eigenvalue weighted by Crippen LogP contribution is 2.26. The molecule has 3 rings (SSSR count). The van der Waals surface area contributed by atoms with Crippen molar-refractivity contribution in [2.75, 3.05) is 12.4 Å². The summed E-state index contributed by atoms with van der Waals surface area (Å²) in [6, 6.07) is 20.9. The number of aromatic nitrogens is 1. The number of hydrogen-bond donors (Lipinski definition) is 2. The van der Waals surface area contributed by atoms with Gasteiger partial charge < -0.3 is 15.4 Å². The van der Waals surface area contributed by atoms with Crippen LogP contribution in [0.15, 0.2) is 72.9 Å². The molecule has 0 bridgehead atoms. The van der Waals surface area contributed by atoms with Crippen LogP contribution in [0.3, 0.4) is 0 Å². The molecule has 0 aliphatic heterocycles. The number of rotatable bonds is 6.